The first kappa shape index (κ1) is 18.5. The maximum absolute atomic E-state index is 12.1. The quantitative estimate of drug-likeness (QED) is 0.769. The maximum atomic E-state index is 12.1. The number of ether oxygens (including phenoxy) is 1. The second-order valence-electron chi connectivity index (χ2n) is 5.99. The summed E-state index contributed by atoms with van der Waals surface area (Å²) >= 11 is 0. The molecule has 1 amide bonds. The van der Waals surface area contributed by atoms with Crippen LogP contribution < -0.4 is 10.1 Å². The van der Waals surface area contributed by atoms with Crippen LogP contribution in [0, 0.1) is 5.92 Å². The Morgan fingerprint density at radius 1 is 1.27 bits per heavy atom. The number of rotatable bonds is 8. The second kappa shape index (κ2) is 8.76. The molecule has 0 saturated heterocycles. The lowest BCUT2D eigenvalue weighted by Gasteiger charge is -2.27. The molecule has 0 spiro atoms. The number of methoxy groups -OCH3 is 1. The van der Waals surface area contributed by atoms with Gasteiger partial charge < -0.3 is 15.2 Å². The van der Waals surface area contributed by atoms with Gasteiger partial charge in [0.2, 0.25) is 5.91 Å². The number of nitrogens with zero attached hydrogens (tertiary/aromatic N) is 1. The molecule has 2 N–H and O–H groups in total. The van der Waals surface area contributed by atoms with E-state index in [2.05, 4.69) is 19.2 Å². The van der Waals surface area contributed by atoms with Gasteiger partial charge in [-0.1, -0.05) is 26.0 Å². The van der Waals surface area contributed by atoms with Crippen molar-refractivity contribution in [1.29, 1.82) is 0 Å². The Bertz CT molecular complexity index is 459. The van der Waals surface area contributed by atoms with Gasteiger partial charge in [0.1, 0.15) is 5.75 Å². The van der Waals surface area contributed by atoms with E-state index in [0.29, 0.717) is 5.92 Å². The summed E-state index contributed by atoms with van der Waals surface area (Å²) in [7, 11) is 3.45. The van der Waals surface area contributed by atoms with Gasteiger partial charge in [-0.2, -0.15) is 0 Å². The fourth-order valence-electron chi connectivity index (χ4n) is 2.13. The standard InChI is InChI=1S/C17H28N2O3/c1-12(2)13(3)18-17(21)10-19(4)16(11-20)14-6-8-15(22-5)9-7-14/h6-9,12-13,16,20H,10-11H2,1-5H3,(H,18,21). The molecular weight excluding hydrogens is 280 g/mol. The van der Waals surface area contributed by atoms with Gasteiger partial charge in [0.05, 0.1) is 26.3 Å². The topological polar surface area (TPSA) is 61.8 Å². The average molecular weight is 308 g/mol. The summed E-state index contributed by atoms with van der Waals surface area (Å²) in [5.74, 6) is 1.13. The molecule has 0 bridgehead atoms. The summed E-state index contributed by atoms with van der Waals surface area (Å²) in [6, 6.07) is 7.44. The number of hydrogen-bond acceptors (Lipinski definition) is 4. The van der Waals surface area contributed by atoms with Crippen molar-refractivity contribution in [3.63, 3.8) is 0 Å². The molecule has 1 rings (SSSR count). The highest BCUT2D eigenvalue weighted by Crippen LogP contribution is 2.21. The minimum absolute atomic E-state index is 0.0318. The van der Waals surface area contributed by atoms with E-state index in [9.17, 15) is 9.90 Å². The predicted octanol–water partition coefficient (Wildman–Crippen LogP) is 1.82. The Balaban J connectivity index is 2.67. The third-order valence-corrected chi connectivity index (χ3v) is 3.99. The molecular formula is C17H28N2O3. The van der Waals surface area contributed by atoms with Crippen LogP contribution in [0.1, 0.15) is 32.4 Å². The van der Waals surface area contributed by atoms with Gasteiger partial charge in [-0.25, -0.2) is 0 Å². The molecule has 0 fully saturated rings. The number of carbonyl (C=O) groups is 1. The number of aliphatic hydroxyl groups is 1. The number of carbonyl (C=O) groups excluding carboxylic acids is 1. The molecule has 5 nitrogen and oxygen atoms in total. The molecule has 0 aromatic heterocycles. The van der Waals surface area contributed by atoms with E-state index < -0.39 is 0 Å². The summed E-state index contributed by atoms with van der Waals surface area (Å²) in [5, 5.41) is 12.6. The SMILES string of the molecule is COc1ccc(C(CO)N(C)CC(=O)NC(C)C(C)C)cc1. The Kier molecular flexibility index (Phi) is 7.35. The Labute approximate surface area is 133 Å². The van der Waals surface area contributed by atoms with Crippen LogP contribution in [-0.2, 0) is 4.79 Å². The zero-order chi connectivity index (χ0) is 16.7. The maximum Gasteiger partial charge on any atom is 0.234 e. The Hall–Kier alpha value is -1.59. The molecule has 22 heavy (non-hydrogen) atoms. The van der Waals surface area contributed by atoms with Crippen molar-refractivity contribution in [3.8, 4) is 5.75 Å². The Morgan fingerprint density at radius 2 is 1.86 bits per heavy atom. The lowest BCUT2D eigenvalue weighted by atomic mass is 10.1. The fraction of sp³-hybridized carbons (Fsp3) is 0.588. The first-order chi connectivity index (χ1) is 10.4. The van der Waals surface area contributed by atoms with Crippen LogP contribution in [-0.4, -0.2) is 49.3 Å². The van der Waals surface area contributed by atoms with Crippen LogP contribution >= 0.6 is 0 Å². The van der Waals surface area contributed by atoms with Crippen molar-refractivity contribution < 1.29 is 14.6 Å². The van der Waals surface area contributed by atoms with Crippen molar-refractivity contribution >= 4 is 5.91 Å². The van der Waals surface area contributed by atoms with Gasteiger partial charge in [-0.05, 0) is 37.6 Å². The molecule has 124 valence electrons. The van der Waals surface area contributed by atoms with Crippen LogP contribution in [0.2, 0.25) is 0 Å². The highest BCUT2D eigenvalue weighted by Gasteiger charge is 2.20. The smallest absolute Gasteiger partial charge is 0.234 e. The zero-order valence-corrected chi connectivity index (χ0v) is 14.2. The first-order valence-corrected chi connectivity index (χ1v) is 7.63. The summed E-state index contributed by atoms with van der Waals surface area (Å²) in [4.78, 5) is 13.9. The van der Waals surface area contributed by atoms with E-state index >= 15 is 0 Å². The number of likely N-dealkylation sites (N-methyl/N-ethyl adjacent to an activating group) is 1. The van der Waals surface area contributed by atoms with E-state index in [1.165, 1.54) is 0 Å². The number of hydrogen-bond donors (Lipinski definition) is 2. The average Bonchev–Trinajstić information content (AvgIpc) is 2.48. The number of aliphatic hydroxyl groups excluding tert-OH is 1. The van der Waals surface area contributed by atoms with Crippen LogP contribution in [0.3, 0.4) is 0 Å². The third-order valence-electron chi connectivity index (χ3n) is 3.99. The molecule has 0 aliphatic carbocycles. The molecule has 0 aliphatic heterocycles. The summed E-state index contributed by atoms with van der Waals surface area (Å²) in [6.07, 6.45) is 0. The summed E-state index contributed by atoms with van der Waals surface area (Å²) in [6.45, 7) is 6.34. The number of nitrogens with one attached hydrogen (secondary N) is 1. The van der Waals surface area contributed by atoms with Gasteiger partial charge in [0, 0.05) is 6.04 Å². The number of amides is 1. The molecule has 0 radical (unpaired) electrons. The lowest BCUT2D eigenvalue weighted by Crippen LogP contribution is -2.43. The first-order valence-electron chi connectivity index (χ1n) is 7.63. The largest absolute Gasteiger partial charge is 0.497 e. The highest BCUT2D eigenvalue weighted by atomic mass is 16.5. The molecule has 5 heteroatoms. The van der Waals surface area contributed by atoms with Crippen LogP contribution in [0.25, 0.3) is 0 Å². The van der Waals surface area contributed by atoms with Crippen molar-refractivity contribution in [2.45, 2.75) is 32.9 Å². The second-order valence-corrected chi connectivity index (χ2v) is 5.99. The van der Waals surface area contributed by atoms with Crippen LogP contribution in [0.5, 0.6) is 5.75 Å². The molecule has 1 aromatic rings. The van der Waals surface area contributed by atoms with E-state index in [0.717, 1.165) is 11.3 Å². The van der Waals surface area contributed by atoms with E-state index in [1.54, 1.807) is 7.11 Å². The van der Waals surface area contributed by atoms with Crippen molar-refractivity contribution in [2.24, 2.45) is 5.92 Å². The zero-order valence-electron chi connectivity index (χ0n) is 14.2. The van der Waals surface area contributed by atoms with Gasteiger partial charge in [0.15, 0.2) is 0 Å². The predicted molar refractivity (Wildman–Crippen MR) is 87.9 cm³/mol. The highest BCUT2D eigenvalue weighted by molar-refractivity contribution is 5.78. The molecule has 1 aromatic carbocycles. The Morgan fingerprint density at radius 3 is 2.32 bits per heavy atom. The van der Waals surface area contributed by atoms with Crippen molar-refractivity contribution in [2.75, 3.05) is 27.3 Å². The van der Waals surface area contributed by atoms with Crippen molar-refractivity contribution in [1.82, 2.24) is 10.2 Å². The molecule has 2 unspecified atom stereocenters. The third kappa shape index (κ3) is 5.31. The molecule has 0 heterocycles. The number of benzene rings is 1. The minimum atomic E-state index is -0.217. The molecule has 0 aliphatic rings. The van der Waals surface area contributed by atoms with Gasteiger partial charge >= 0.3 is 0 Å². The van der Waals surface area contributed by atoms with E-state index in [-0.39, 0.29) is 31.1 Å². The van der Waals surface area contributed by atoms with E-state index in [4.69, 9.17) is 4.74 Å². The molecule has 0 saturated carbocycles. The fourth-order valence-corrected chi connectivity index (χ4v) is 2.13. The minimum Gasteiger partial charge on any atom is -0.497 e. The van der Waals surface area contributed by atoms with Crippen LogP contribution in [0.4, 0.5) is 0 Å². The van der Waals surface area contributed by atoms with Gasteiger partial charge in [-0.15, -0.1) is 0 Å². The monoisotopic (exact) mass is 308 g/mol. The van der Waals surface area contributed by atoms with Crippen molar-refractivity contribution in [3.05, 3.63) is 29.8 Å². The lowest BCUT2D eigenvalue weighted by molar-refractivity contribution is -0.123. The van der Waals surface area contributed by atoms with Gasteiger partial charge in [0.25, 0.3) is 0 Å². The normalized spacial score (nSPS) is 14.0. The summed E-state index contributed by atoms with van der Waals surface area (Å²) < 4.78 is 5.13. The van der Waals surface area contributed by atoms with E-state index in [1.807, 2.05) is 43.1 Å². The van der Waals surface area contributed by atoms with Crippen LogP contribution in [0.15, 0.2) is 24.3 Å². The van der Waals surface area contributed by atoms with Gasteiger partial charge in [-0.3, -0.25) is 9.69 Å². The summed E-state index contributed by atoms with van der Waals surface area (Å²) in [5.41, 5.74) is 0.954. The molecule has 2 atom stereocenters.